The summed E-state index contributed by atoms with van der Waals surface area (Å²) in [6.07, 6.45) is -0.912. The first kappa shape index (κ1) is 12.2. The monoisotopic (exact) mass is 278 g/mol. The van der Waals surface area contributed by atoms with Crippen molar-refractivity contribution in [3.63, 3.8) is 0 Å². The third-order valence-corrected chi connectivity index (χ3v) is 3.84. The van der Waals surface area contributed by atoms with Crippen molar-refractivity contribution < 1.29 is 18.7 Å². The Kier molecular flexibility index (Phi) is 3.00. The van der Waals surface area contributed by atoms with E-state index in [1.165, 1.54) is 23.5 Å². The van der Waals surface area contributed by atoms with E-state index < -0.39 is 6.10 Å². The van der Waals surface area contributed by atoms with Crippen LogP contribution in [0.25, 0.3) is 11.0 Å². The van der Waals surface area contributed by atoms with E-state index in [1.807, 2.05) is 5.38 Å². The van der Waals surface area contributed by atoms with Crippen LogP contribution in [0, 0.1) is 5.82 Å². The number of hydrogen-bond acceptors (Lipinski definition) is 4. The van der Waals surface area contributed by atoms with Gasteiger partial charge in [0.2, 0.25) is 0 Å². The topological polar surface area (TPSA) is 42.6 Å². The number of rotatable bonds is 3. The normalized spacial score (nSPS) is 12.8. The van der Waals surface area contributed by atoms with Gasteiger partial charge in [-0.15, -0.1) is 11.3 Å². The number of methoxy groups -OCH3 is 1. The van der Waals surface area contributed by atoms with E-state index in [0.29, 0.717) is 27.4 Å². The van der Waals surface area contributed by atoms with Gasteiger partial charge in [0.1, 0.15) is 29.0 Å². The van der Waals surface area contributed by atoms with Gasteiger partial charge in [-0.3, -0.25) is 0 Å². The molecule has 1 aromatic carbocycles. The van der Waals surface area contributed by atoms with E-state index in [-0.39, 0.29) is 5.82 Å². The minimum atomic E-state index is -0.912. The highest BCUT2D eigenvalue weighted by molar-refractivity contribution is 7.10. The molecule has 0 aliphatic rings. The molecule has 0 saturated carbocycles. The molecule has 5 heteroatoms. The Balaban J connectivity index is 2.04. The van der Waals surface area contributed by atoms with Crippen LogP contribution < -0.4 is 4.74 Å². The van der Waals surface area contributed by atoms with Crippen LogP contribution >= 0.6 is 11.3 Å². The lowest BCUT2D eigenvalue weighted by Crippen LogP contribution is -1.97. The Labute approximate surface area is 112 Å². The summed E-state index contributed by atoms with van der Waals surface area (Å²) in [5, 5.41) is 12.8. The molecule has 0 aliphatic carbocycles. The minimum Gasteiger partial charge on any atom is -0.495 e. The molecule has 19 heavy (non-hydrogen) atoms. The van der Waals surface area contributed by atoms with E-state index in [9.17, 15) is 9.50 Å². The molecule has 0 amide bonds. The van der Waals surface area contributed by atoms with Gasteiger partial charge < -0.3 is 14.3 Å². The highest BCUT2D eigenvalue weighted by Crippen LogP contribution is 2.36. The fourth-order valence-corrected chi connectivity index (χ4v) is 2.83. The van der Waals surface area contributed by atoms with Crippen molar-refractivity contribution in [1.29, 1.82) is 0 Å². The van der Waals surface area contributed by atoms with E-state index in [0.717, 1.165) is 0 Å². The summed E-state index contributed by atoms with van der Waals surface area (Å²) in [4.78, 5) is 0.669. The van der Waals surface area contributed by atoms with Crippen LogP contribution in [0.1, 0.15) is 16.7 Å². The lowest BCUT2D eigenvalue weighted by atomic mass is 10.2. The maximum Gasteiger partial charge on any atom is 0.149 e. The fourth-order valence-electron chi connectivity index (χ4n) is 1.98. The number of thiophene rings is 1. The summed E-state index contributed by atoms with van der Waals surface area (Å²) in [7, 11) is 1.55. The number of aliphatic hydroxyl groups excluding tert-OH is 1. The molecule has 1 atom stereocenters. The molecule has 0 aliphatic heterocycles. The van der Waals surface area contributed by atoms with Crippen LogP contribution in [0.2, 0.25) is 0 Å². The van der Waals surface area contributed by atoms with Crippen LogP contribution in [0.15, 0.2) is 40.1 Å². The Hall–Kier alpha value is -1.85. The fraction of sp³-hybridized carbons (Fsp3) is 0.143. The first-order valence-electron chi connectivity index (χ1n) is 5.67. The average molecular weight is 278 g/mol. The summed E-state index contributed by atoms with van der Waals surface area (Å²) in [5.41, 5.74) is 0.547. The molecule has 0 spiro atoms. The molecule has 0 radical (unpaired) electrons. The van der Waals surface area contributed by atoms with Gasteiger partial charge in [-0.1, -0.05) is 0 Å². The number of hydrogen-bond donors (Lipinski definition) is 1. The molecule has 0 fully saturated rings. The number of fused-ring (bicyclic) bond motifs is 1. The number of furan rings is 1. The van der Waals surface area contributed by atoms with Crippen molar-refractivity contribution >= 4 is 22.3 Å². The van der Waals surface area contributed by atoms with Crippen molar-refractivity contribution in [2.75, 3.05) is 7.11 Å². The predicted molar refractivity (Wildman–Crippen MR) is 71.1 cm³/mol. The first-order valence-corrected chi connectivity index (χ1v) is 6.55. The zero-order valence-electron chi connectivity index (χ0n) is 10.1. The molecule has 2 heterocycles. The van der Waals surface area contributed by atoms with Crippen LogP contribution in [0.5, 0.6) is 5.75 Å². The maximum atomic E-state index is 13.1. The van der Waals surface area contributed by atoms with Crippen molar-refractivity contribution in [3.8, 4) is 5.75 Å². The largest absolute Gasteiger partial charge is 0.495 e. The molecule has 0 bridgehead atoms. The molecule has 98 valence electrons. The van der Waals surface area contributed by atoms with E-state index in [2.05, 4.69) is 0 Å². The summed E-state index contributed by atoms with van der Waals surface area (Å²) in [5.74, 6) is 0.661. The Morgan fingerprint density at radius 3 is 2.95 bits per heavy atom. The molecule has 1 N–H and O–H groups in total. The molecule has 3 aromatic rings. The molecule has 3 rings (SSSR count). The second-order valence-corrected chi connectivity index (χ2v) is 5.03. The number of halogens is 1. The Bertz CT molecular complexity index is 716. The van der Waals surface area contributed by atoms with Crippen molar-refractivity contribution in [3.05, 3.63) is 52.2 Å². The summed E-state index contributed by atoms with van der Waals surface area (Å²) >= 11 is 1.38. The highest BCUT2D eigenvalue weighted by atomic mass is 32.1. The van der Waals surface area contributed by atoms with Gasteiger partial charge in [-0.2, -0.15) is 0 Å². The van der Waals surface area contributed by atoms with Gasteiger partial charge in [0, 0.05) is 5.39 Å². The second kappa shape index (κ2) is 4.68. The molecule has 1 unspecified atom stereocenters. The Morgan fingerprint density at radius 1 is 1.32 bits per heavy atom. The quantitative estimate of drug-likeness (QED) is 0.794. The van der Waals surface area contributed by atoms with Gasteiger partial charge >= 0.3 is 0 Å². The maximum absolute atomic E-state index is 13.1. The van der Waals surface area contributed by atoms with Gasteiger partial charge in [0.25, 0.3) is 0 Å². The third kappa shape index (κ3) is 2.11. The van der Waals surface area contributed by atoms with E-state index >= 15 is 0 Å². The summed E-state index contributed by atoms with van der Waals surface area (Å²) < 4.78 is 23.8. The molecular formula is C14H11FO3S. The van der Waals surface area contributed by atoms with Gasteiger partial charge in [-0.25, -0.2) is 4.39 Å². The van der Waals surface area contributed by atoms with Crippen molar-refractivity contribution in [2.24, 2.45) is 0 Å². The van der Waals surface area contributed by atoms with Gasteiger partial charge in [-0.05, 0) is 35.7 Å². The van der Waals surface area contributed by atoms with Crippen LogP contribution in [-0.4, -0.2) is 12.2 Å². The lowest BCUT2D eigenvalue weighted by Gasteiger charge is -2.07. The zero-order valence-corrected chi connectivity index (χ0v) is 10.9. The molecular weight excluding hydrogens is 267 g/mol. The second-order valence-electron chi connectivity index (χ2n) is 4.09. The summed E-state index contributed by atoms with van der Waals surface area (Å²) in [6, 6.07) is 7.68. The molecule has 3 nitrogen and oxygen atoms in total. The highest BCUT2D eigenvalue weighted by Gasteiger charge is 2.20. The van der Waals surface area contributed by atoms with Crippen LogP contribution in [0.3, 0.4) is 0 Å². The number of ether oxygens (including phenoxy) is 1. The minimum absolute atomic E-state index is 0.331. The zero-order chi connectivity index (χ0) is 13.4. The summed E-state index contributed by atoms with van der Waals surface area (Å²) in [6.45, 7) is 0. The van der Waals surface area contributed by atoms with Crippen LogP contribution in [0.4, 0.5) is 4.39 Å². The standard InChI is InChI=1S/C14H11FO3S/c1-17-11-4-5-19-14(11)13(16)12-7-8-6-9(15)2-3-10(8)18-12/h2-7,13,16H,1H3. The molecule has 2 aromatic heterocycles. The van der Waals surface area contributed by atoms with E-state index in [1.54, 1.807) is 25.3 Å². The lowest BCUT2D eigenvalue weighted by molar-refractivity contribution is 0.192. The number of benzene rings is 1. The smallest absolute Gasteiger partial charge is 0.149 e. The van der Waals surface area contributed by atoms with Crippen LogP contribution in [-0.2, 0) is 0 Å². The third-order valence-electron chi connectivity index (χ3n) is 2.89. The van der Waals surface area contributed by atoms with Gasteiger partial charge in [0.05, 0.1) is 12.0 Å². The van der Waals surface area contributed by atoms with Crippen molar-refractivity contribution in [1.82, 2.24) is 0 Å². The number of aliphatic hydroxyl groups is 1. The van der Waals surface area contributed by atoms with Gasteiger partial charge in [0.15, 0.2) is 0 Å². The van der Waals surface area contributed by atoms with E-state index in [4.69, 9.17) is 9.15 Å². The first-order chi connectivity index (χ1) is 9.19. The Morgan fingerprint density at radius 2 is 2.16 bits per heavy atom. The molecule has 0 saturated heterocycles. The average Bonchev–Trinajstić information content (AvgIpc) is 3.03. The SMILES string of the molecule is COc1ccsc1C(O)c1cc2cc(F)ccc2o1. The predicted octanol–water partition coefficient (Wildman–Crippen LogP) is 3.72. The van der Waals surface area contributed by atoms with Crippen molar-refractivity contribution in [2.45, 2.75) is 6.10 Å².